The molecule has 19 heavy (non-hydrogen) atoms. The van der Waals surface area contributed by atoms with Gasteiger partial charge in [-0.25, -0.2) is 0 Å². The summed E-state index contributed by atoms with van der Waals surface area (Å²) in [5.41, 5.74) is 0.883. The predicted octanol–water partition coefficient (Wildman–Crippen LogP) is 1.26. The topological polar surface area (TPSA) is 55.8 Å². The van der Waals surface area contributed by atoms with Crippen LogP contribution >= 0.6 is 0 Å². The molecule has 104 valence electrons. The fourth-order valence-corrected chi connectivity index (χ4v) is 1.63. The second-order valence-corrected chi connectivity index (χ2v) is 4.01. The predicted molar refractivity (Wildman–Crippen MR) is 71.0 cm³/mol. The summed E-state index contributed by atoms with van der Waals surface area (Å²) < 4.78 is 9.62. The Hall–Kier alpha value is -2.04. The number of nitrogens with zero attached hydrogens (tertiary/aromatic N) is 1. The zero-order valence-corrected chi connectivity index (χ0v) is 11.5. The van der Waals surface area contributed by atoms with Crippen molar-refractivity contribution in [1.82, 2.24) is 4.90 Å². The van der Waals surface area contributed by atoms with E-state index in [1.807, 2.05) is 19.1 Å². The molecule has 0 aromatic heterocycles. The maximum atomic E-state index is 12.0. The molecule has 5 nitrogen and oxygen atoms in total. The van der Waals surface area contributed by atoms with Gasteiger partial charge in [0.25, 0.3) is 0 Å². The van der Waals surface area contributed by atoms with Gasteiger partial charge in [0.05, 0.1) is 20.6 Å². The quantitative estimate of drug-likeness (QED) is 0.727. The highest BCUT2D eigenvalue weighted by Gasteiger charge is 2.16. The molecule has 0 N–H and O–H groups in total. The molecule has 0 heterocycles. The summed E-state index contributed by atoms with van der Waals surface area (Å²) in [6.07, 6.45) is 0.259. The van der Waals surface area contributed by atoms with Gasteiger partial charge in [-0.1, -0.05) is 12.1 Å². The standard InChI is InChI=1S/C14H19NO4/c1-4-15(10-14(17)19-3)13(16)9-11-5-7-12(18-2)8-6-11/h5-8H,4,9-10H2,1-3H3. The second kappa shape index (κ2) is 7.41. The largest absolute Gasteiger partial charge is 0.497 e. The number of amides is 1. The molecule has 0 fully saturated rings. The van der Waals surface area contributed by atoms with Crippen molar-refractivity contribution >= 4 is 11.9 Å². The SMILES string of the molecule is CCN(CC(=O)OC)C(=O)Cc1ccc(OC)cc1. The Kier molecular flexibility index (Phi) is 5.85. The van der Waals surface area contributed by atoms with Crippen molar-refractivity contribution in [2.45, 2.75) is 13.3 Å². The van der Waals surface area contributed by atoms with Gasteiger partial charge in [0.2, 0.25) is 5.91 Å². The lowest BCUT2D eigenvalue weighted by Crippen LogP contribution is -2.36. The third-order valence-electron chi connectivity index (χ3n) is 2.80. The maximum absolute atomic E-state index is 12.0. The van der Waals surface area contributed by atoms with Crippen LogP contribution < -0.4 is 4.74 Å². The molecule has 0 spiro atoms. The summed E-state index contributed by atoms with van der Waals surface area (Å²) in [7, 11) is 2.90. The lowest BCUT2D eigenvalue weighted by Gasteiger charge is -2.19. The Bertz CT molecular complexity index is 428. The first kappa shape index (κ1) is 15.0. The molecule has 0 radical (unpaired) electrons. The molecule has 0 aliphatic heterocycles. The van der Waals surface area contributed by atoms with Crippen LogP contribution in [0.1, 0.15) is 12.5 Å². The van der Waals surface area contributed by atoms with Gasteiger partial charge in [0.1, 0.15) is 12.3 Å². The highest BCUT2D eigenvalue weighted by molar-refractivity contribution is 5.83. The fourth-order valence-electron chi connectivity index (χ4n) is 1.63. The number of ether oxygens (including phenoxy) is 2. The monoisotopic (exact) mass is 265 g/mol. The summed E-state index contributed by atoms with van der Waals surface area (Å²) in [6.45, 7) is 2.29. The summed E-state index contributed by atoms with van der Waals surface area (Å²) in [5.74, 6) is 0.237. The highest BCUT2D eigenvalue weighted by Crippen LogP contribution is 2.12. The molecule has 0 saturated heterocycles. The van der Waals surface area contributed by atoms with Crippen LogP contribution in [0.15, 0.2) is 24.3 Å². The third kappa shape index (κ3) is 4.62. The molecule has 0 unspecified atom stereocenters. The number of methoxy groups -OCH3 is 2. The maximum Gasteiger partial charge on any atom is 0.325 e. The van der Waals surface area contributed by atoms with Crippen LogP contribution in [0.5, 0.6) is 5.75 Å². The number of carbonyl (C=O) groups excluding carboxylic acids is 2. The second-order valence-electron chi connectivity index (χ2n) is 4.01. The Morgan fingerprint density at radius 2 is 1.79 bits per heavy atom. The first-order valence-electron chi connectivity index (χ1n) is 6.08. The molecule has 1 aromatic carbocycles. The lowest BCUT2D eigenvalue weighted by atomic mass is 10.1. The molecule has 1 rings (SSSR count). The molecule has 0 atom stereocenters. The van der Waals surface area contributed by atoms with Crippen molar-refractivity contribution in [1.29, 1.82) is 0 Å². The van der Waals surface area contributed by atoms with Gasteiger partial charge in [-0.05, 0) is 24.6 Å². The first-order valence-corrected chi connectivity index (χ1v) is 6.08. The number of hydrogen-bond donors (Lipinski definition) is 0. The van der Waals surface area contributed by atoms with Crippen LogP contribution in [0.4, 0.5) is 0 Å². The number of benzene rings is 1. The summed E-state index contributed by atoms with van der Waals surface area (Å²) >= 11 is 0. The molecular formula is C14H19NO4. The van der Waals surface area contributed by atoms with E-state index in [2.05, 4.69) is 4.74 Å². The zero-order valence-electron chi connectivity index (χ0n) is 11.5. The van der Waals surface area contributed by atoms with Gasteiger partial charge < -0.3 is 14.4 Å². The van der Waals surface area contributed by atoms with E-state index in [4.69, 9.17) is 4.74 Å². The molecule has 1 aromatic rings. The smallest absolute Gasteiger partial charge is 0.325 e. The van der Waals surface area contributed by atoms with Gasteiger partial charge in [0.15, 0.2) is 0 Å². The summed E-state index contributed by atoms with van der Waals surface area (Å²) in [4.78, 5) is 24.7. The Balaban J connectivity index is 2.62. The zero-order chi connectivity index (χ0) is 14.3. The number of esters is 1. The van der Waals surface area contributed by atoms with Crippen LogP contribution in [-0.4, -0.2) is 44.1 Å². The van der Waals surface area contributed by atoms with Gasteiger partial charge in [0, 0.05) is 6.54 Å². The average molecular weight is 265 g/mol. The third-order valence-corrected chi connectivity index (χ3v) is 2.80. The molecule has 1 amide bonds. The van der Waals surface area contributed by atoms with E-state index in [0.717, 1.165) is 11.3 Å². The van der Waals surface area contributed by atoms with E-state index in [1.54, 1.807) is 19.2 Å². The molecule has 0 aliphatic rings. The van der Waals surface area contributed by atoms with Gasteiger partial charge in [-0.3, -0.25) is 9.59 Å². The van der Waals surface area contributed by atoms with Crippen LogP contribution in [0.3, 0.4) is 0 Å². The van der Waals surface area contributed by atoms with E-state index in [-0.39, 0.29) is 18.9 Å². The molecule has 0 bridgehead atoms. The van der Waals surface area contributed by atoms with Crippen molar-refractivity contribution in [2.75, 3.05) is 27.3 Å². The Morgan fingerprint density at radius 3 is 2.26 bits per heavy atom. The summed E-state index contributed by atoms with van der Waals surface area (Å²) in [6, 6.07) is 7.28. The molecule has 0 aliphatic carbocycles. The van der Waals surface area contributed by atoms with Crippen molar-refractivity contribution in [2.24, 2.45) is 0 Å². The molecular weight excluding hydrogens is 246 g/mol. The van der Waals surface area contributed by atoms with E-state index in [0.29, 0.717) is 6.54 Å². The normalized spacial score (nSPS) is 9.84. The van der Waals surface area contributed by atoms with Crippen LogP contribution in [0, 0.1) is 0 Å². The van der Waals surface area contributed by atoms with E-state index >= 15 is 0 Å². The number of hydrogen-bond acceptors (Lipinski definition) is 4. The van der Waals surface area contributed by atoms with Crippen LogP contribution in [0.2, 0.25) is 0 Å². The average Bonchev–Trinajstić information content (AvgIpc) is 2.45. The summed E-state index contributed by atoms with van der Waals surface area (Å²) in [5, 5.41) is 0. The van der Waals surface area contributed by atoms with Crippen molar-refractivity contribution in [3.05, 3.63) is 29.8 Å². The van der Waals surface area contributed by atoms with E-state index in [9.17, 15) is 9.59 Å². The van der Waals surface area contributed by atoms with Gasteiger partial charge >= 0.3 is 5.97 Å². The minimum absolute atomic E-state index is 0.0119. The van der Waals surface area contributed by atoms with Crippen LogP contribution in [0.25, 0.3) is 0 Å². The first-order chi connectivity index (χ1) is 9.10. The van der Waals surface area contributed by atoms with Crippen molar-refractivity contribution in [3.8, 4) is 5.75 Å². The minimum Gasteiger partial charge on any atom is -0.497 e. The van der Waals surface area contributed by atoms with E-state index in [1.165, 1.54) is 12.0 Å². The Labute approximate surface area is 113 Å². The number of rotatable bonds is 6. The van der Waals surface area contributed by atoms with Gasteiger partial charge in [-0.2, -0.15) is 0 Å². The Morgan fingerprint density at radius 1 is 1.16 bits per heavy atom. The van der Waals surface area contributed by atoms with Crippen molar-refractivity contribution in [3.63, 3.8) is 0 Å². The minimum atomic E-state index is -0.412. The highest BCUT2D eigenvalue weighted by atomic mass is 16.5. The van der Waals surface area contributed by atoms with Crippen LogP contribution in [-0.2, 0) is 20.7 Å². The molecule has 0 saturated carbocycles. The lowest BCUT2D eigenvalue weighted by molar-refractivity contribution is -0.146. The molecule has 5 heteroatoms. The number of likely N-dealkylation sites (N-methyl/N-ethyl adjacent to an activating group) is 1. The van der Waals surface area contributed by atoms with E-state index < -0.39 is 5.97 Å². The fraction of sp³-hybridized carbons (Fsp3) is 0.429. The number of carbonyl (C=O) groups is 2. The van der Waals surface area contributed by atoms with Gasteiger partial charge in [-0.15, -0.1) is 0 Å². The van der Waals surface area contributed by atoms with Crippen molar-refractivity contribution < 1.29 is 19.1 Å².